The highest BCUT2D eigenvalue weighted by Gasteiger charge is 2.13. The molecule has 2 N–H and O–H groups in total. The van der Waals surface area contributed by atoms with E-state index in [1.54, 1.807) is 18.2 Å². The van der Waals surface area contributed by atoms with Gasteiger partial charge in [-0.3, -0.25) is 4.79 Å². The number of rotatable bonds is 5. The maximum atomic E-state index is 12.2. The summed E-state index contributed by atoms with van der Waals surface area (Å²) in [6.07, 6.45) is 4.77. The van der Waals surface area contributed by atoms with E-state index in [9.17, 15) is 4.79 Å². The lowest BCUT2D eigenvalue weighted by atomic mass is 10.0. The lowest BCUT2D eigenvalue weighted by molar-refractivity contribution is 0.102. The van der Waals surface area contributed by atoms with Crippen LogP contribution in [-0.4, -0.2) is 18.5 Å². The van der Waals surface area contributed by atoms with Gasteiger partial charge in [-0.15, -0.1) is 0 Å². The molecule has 3 nitrogen and oxygen atoms in total. The van der Waals surface area contributed by atoms with E-state index in [0.717, 1.165) is 25.1 Å². The molecule has 0 saturated carbocycles. The fourth-order valence-corrected chi connectivity index (χ4v) is 3.24. The normalized spacial score (nSPS) is 17.0. The minimum Gasteiger partial charge on any atom is -0.322 e. The van der Waals surface area contributed by atoms with Crippen molar-refractivity contribution in [2.45, 2.75) is 31.7 Å². The summed E-state index contributed by atoms with van der Waals surface area (Å²) in [6, 6.07) is 13.5. The Balaban J connectivity index is 1.56. The number of anilines is 1. The average molecular weight is 363 g/mol. The summed E-state index contributed by atoms with van der Waals surface area (Å²) in [5.74, 6) is -0.198. The van der Waals surface area contributed by atoms with Crippen LogP contribution in [0.25, 0.3) is 0 Å². The van der Waals surface area contributed by atoms with E-state index in [0.29, 0.717) is 21.7 Å². The molecule has 0 spiro atoms. The third-order valence-corrected chi connectivity index (χ3v) is 5.08. The molecule has 0 bridgehead atoms. The second-order valence-corrected chi connectivity index (χ2v) is 6.93. The predicted molar refractivity (Wildman–Crippen MR) is 100 cm³/mol. The minimum absolute atomic E-state index is 0.198. The number of aryl methyl sites for hydroxylation is 1. The standard InChI is InChI=1S/C19H20Cl2N2O/c20-17-10-6-14(12-18(17)21)19(24)23-16-8-4-13(5-9-16)3-7-15-2-1-11-22-15/h4-6,8-10,12,15,22H,1-3,7,11H2,(H,23,24)/t15-/m0/s1. The van der Waals surface area contributed by atoms with Crippen LogP contribution in [0.5, 0.6) is 0 Å². The van der Waals surface area contributed by atoms with Crippen LogP contribution in [0, 0.1) is 0 Å². The molecule has 1 amide bonds. The highest BCUT2D eigenvalue weighted by atomic mass is 35.5. The molecule has 24 heavy (non-hydrogen) atoms. The van der Waals surface area contributed by atoms with E-state index in [-0.39, 0.29) is 5.91 Å². The summed E-state index contributed by atoms with van der Waals surface area (Å²) in [4.78, 5) is 12.2. The topological polar surface area (TPSA) is 41.1 Å². The summed E-state index contributed by atoms with van der Waals surface area (Å²) in [5.41, 5.74) is 2.55. The molecule has 1 atom stereocenters. The van der Waals surface area contributed by atoms with Crippen LogP contribution in [0.2, 0.25) is 10.0 Å². The number of halogens is 2. The molecular formula is C19H20Cl2N2O. The van der Waals surface area contributed by atoms with Crippen LogP contribution in [0.3, 0.4) is 0 Å². The monoisotopic (exact) mass is 362 g/mol. The van der Waals surface area contributed by atoms with Gasteiger partial charge in [-0.05, 0) is 68.1 Å². The van der Waals surface area contributed by atoms with E-state index in [2.05, 4.69) is 22.8 Å². The largest absolute Gasteiger partial charge is 0.322 e. The molecular weight excluding hydrogens is 343 g/mol. The van der Waals surface area contributed by atoms with E-state index in [1.165, 1.54) is 18.4 Å². The highest BCUT2D eigenvalue weighted by molar-refractivity contribution is 6.42. The van der Waals surface area contributed by atoms with Crippen molar-refractivity contribution < 1.29 is 4.79 Å². The van der Waals surface area contributed by atoms with Gasteiger partial charge in [0.05, 0.1) is 10.0 Å². The van der Waals surface area contributed by atoms with Crippen molar-refractivity contribution >= 4 is 34.8 Å². The van der Waals surface area contributed by atoms with Gasteiger partial charge in [0.1, 0.15) is 0 Å². The Morgan fingerprint density at radius 1 is 1.12 bits per heavy atom. The number of hydrogen-bond donors (Lipinski definition) is 2. The molecule has 0 unspecified atom stereocenters. The lowest BCUT2D eigenvalue weighted by Gasteiger charge is -2.10. The predicted octanol–water partition coefficient (Wildman–Crippen LogP) is 4.93. The zero-order valence-electron chi connectivity index (χ0n) is 13.3. The van der Waals surface area contributed by atoms with Crippen LogP contribution in [0.15, 0.2) is 42.5 Å². The van der Waals surface area contributed by atoms with Gasteiger partial charge in [-0.1, -0.05) is 35.3 Å². The number of amides is 1. The van der Waals surface area contributed by atoms with E-state index < -0.39 is 0 Å². The summed E-state index contributed by atoms with van der Waals surface area (Å²) in [5, 5.41) is 7.20. The Bertz CT molecular complexity index is 710. The zero-order valence-corrected chi connectivity index (χ0v) is 14.8. The Morgan fingerprint density at radius 2 is 1.92 bits per heavy atom. The first-order valence-corrected chi connectivity index (χ1v) is 8.96. The van der Waals surface area contributed by atoms with Crippen molar-refractivity contribution in [1.82, 2.24) is 5.32 Å². The number of hydrogen-bond acceptors (Lipinski definition) is 2. The molecule has 0 radical (unpaired) electrons. The smallest absolute Gasteiger partial charge is 0.255 e. The van der Waals surface area contributed by atoms with E-state index in [4.69, 9.17) is 23.2 Å². The third-order valence-electron chi connectivity index (χ3n) is 4.34. The first-order valence-electron chi connectivity index (χ1n) is 8.20. The van der Waals surface area contributed by atoms with Crippen LogP contribution < -0.4 is 10.6 Å². The van der Waals surface area contributed by atoms with Gasteiger partial charge in [-0.2, -0.15) is 0 Å². The molecule has 1 aliphatic rings. The zero-order chi connectivity index (χ0) is 16.9. The molecule has 1 saturated heterocycles. The molecule has 5 heteroatoms. The van der Waals surface area contributed by atoms with Crippen molar-refractivity contribution in [3.8, 4) is 0 Å². The van der Waals surface area contributed by atoms with Gasteiger partial charge in [-0.25, -0.2) is 0 Å². The van der Waals surface area contributed by atoms with Gasteiger partial charge in [0, 0.05) is 17.3 Å². The molecule has 3 rings (SSSR count). The lowest BCUT2D eigenvalue weighted by Crippen LogP contribution is -2.21. The molecule has 2 aromatic carbocycles. The Morgan fingerprint density at radius 3 is 2.58 bits per heavy atom. The van der Waals surface area contributed by atoms with Gasteiger partial charge in [0.25, 0.3) is 5.91 Å². The Labute approximate surface area is 152 Å². The molecule has 1 heterocycles. The first kappa shape index (κ1) is 17.3. The van der Waals surface area contributed by atoms with E-state index >= 15 is 0 Å². The van der Waals surface area contributed by atoms with Gasteiger partial charge in [0.15, 0.2) is 0 Å². The number of carbonyl (C=O) groups excluding carboxylic acids is 1. The van der Waals surface area contributed by atoms with E-state index in [1.807, 2.05) is 12.1 Å². The molecule has 0 aliphatic carbocycles. The number of benzene rings is 2. The van der Waals surface area contributed by atoms with Gasteiger partial charge >= 0.3 is 0 Å². The number of nitrogens with one attached hydrogen (secondary N) is 2. The maximum absolute atomic E-state index is 12.2. The molecule has 126 valence electrons. The van der Waals surface area contributed by atoms with Gasteiger partial charge in [0.2, 0.25) is 0 Å². The third kappa shape index (κ3) is 4.50. The average Bonchev–Trinajstić information content (AvgIpc) is 3.10. The maximum Gasteiger partial charge on any atom is 0.255 e. The summed E-state index contributed by atoms with van der Waals surface area (Å²) in [7, 11) is 0. The molecule has 2 aromatic rings. The second kappa shape index (κ2) is 8.02. The van der Waals surface area contributed by atoms with Gasteiger partial charge < -0.3 is 10.6 Å². The minimum atomic E-state index is -0.198. The molecule has 1 fully saturated rings. The van der Waals surface area contributed by atoms with Crippen molar-refractivity contribution in [2.24, 2.45) is 0 Å². The molecule has 1 aliphatic heterocycles. The number of carbonyl (C=O) groups is 1. The fourth-order valence-electron chi connectivity index (χ4n) is 2.94. The summed E-state index contributed by atoms with van der Waals surface area (Å²) >= 11 is 11.8. The second-order valence-electron chi connectivity index (χ2n) is 6.11. The van der Waals surface area contributed by atoms with Crippen LogP contribution >= 0.6 is 23.2 Å². The molecule has 0 aromatic heterocycles. The van der Waals surface area contributed by atoms with Crippen molar-refractivity contribution in [2.75, 3.05) is 11.9 Å². The highest BCUT2D eigenvalue weighted by Crippen LogP contribution is 2.23. The summed E-state index contributed by atoms with van der Waals surface area (Å²) < 4.78 is 0. The van der Waals surface area contributed by atoms with Crippen LogP contribution in [0.4, 0.5) is 5.69 Å². The van der Waals surface area contributed by atoms with Crippen LogP contribution in [0.1, 0.15) is 35.2 Å². The van der Waals surface area contributed by atoms with Crippen molar-refractivity contribution in [3.05, 3.63) is 63.6 Å². The van der Waals surface area contributed by atoms with Crippen LogP contribution in [-0.2, 0) is 6.42 Å². The van der Waals surface area contributed by atoms with Crippen molar-refractivity contribution in [1.29, 1.82) is 0 Å². The summed E-state index contributed by atoms with van der Waals surface area (Å²) in [6.45, 7) is 1.14. The SMILES string of the molecule is O=C(Nc1ccc(CC[C@@H]2CCCN2)cc1)c1ccc(Cl)c(Cl)c1. The van der Waals surface area contributed by atoms with Crippen molar-refractivity contribution in [3.63, 3.8) is 0 Å². The fraction of sp³-hybridized carbons (Fsp3) is 0.316. The Hall–Kier alpha value is -1.55. The Kier molecular flexibility index (Phi) is 5.77. The first-order chi connectivity index (χ1) is 11.6. The quantitative estimate of drug-likeness (QED) is 0.791.